The highest BCUT2D eigenvalue weighted by Gasteiger charge is 2.21. The monoisotopic (exact) mass is 315 g/mol. The summed E-state index contributed by atoms with van der Waals surface area (Å²) in [6.07, 6.45) is 0. The predicted molar refractivity (Wildman–Crippen MR) is 81.6 cm³/mol. The second-order valence-electron chi connectivity index (χ2n) is 4.91. The van der Waals surface area contributed by atoms with Gasteiger partial charge in [-0.2, -0.15) is 10.2 Å². The van der Waals surface area contributed by atoms with Crippen molar-refractivity contribution >= 4 is 5.88 Å². The van der Waals surface area contributed by atoms with E-state index in [1.54, 1.807) is 13.2 Å². The molecule has 2 aromatic rings. The van der Waals surface area contributed by atoms with E-state index in [0.717, 1.165) is 0 Å². The Hall–Kier alpha value is -2.72. The fourth-order valence-electron chi connectivity index (χ4n) is 2.35. The molecule has 1 aliphatic rings. The van der Waals surface area contributed by atoms with Gasteiger partial charge in [-0.1, -0.05) is 12.1 Å². The van der Waals surface area contributed by atoms with Gasteiger partial charge in [0.05, 0.1) is 20.3 Å². The first-order valence-corrected chi connectivity index (χ1v) is 7.30. The van der Waals surface area contributed by atoms with Crippen LogP contribution in [0, 0.1) is 11.3 Å². The lowest BCUT2D eigenvalue weighted by molar-refractivity contribution is 0.120. The van der Waals surface area contributed by atoms with Gasteiger partial charge in [-0.3, -0.25) is 0 Å². The summed E-state index contributed by atoms with van der Waals surface area (Å²) in [6.45, 7) is 2.70. The van der Waals surface area contributed by atoms with E-state index in [4.69, 9.17) is 18.6 Å². The molecule has 1 aromatic heterocycles. The van der Waals surface area contributed by atoms with Crippen molar-refractivity contribution in [1.29, 1.82) is 5.26 Å². The van der Waals surface area contributed by atoms with Crippen molar-refractivity contribution < 1.29 is 18.6 Å². The minimum Gasteiger partial charge on any atom is -0.493 e. The zero-order valence-electron chi connectivity index (χ0n) is 12.8. The van der Waals surface area contributed by atoms with Crippen molar-refractivity contribution in [2.45, 2.75) is 6.61 Å². The molecule has 1 saturated heterocycles. The molecule has 1 fully saturated rings. The van der Waals surface area contributed by atoms with Crippen LogP contribution in [0.5, 0.6) is 11.5 Å². The SMILES string of the molecule is COc1ccccc1OCc1nc(C#N)c(N2CCOCC2)o1. The molecular formula is C16H17N3O4. The number of para-hydroxylation sites is 2. The Kier molecular flexibility index (Phi) is 4.64. The third-order valence-corrected chi connectivity index (χ3v) is 3.48. The van der Waals surface area contributed by atoms with Gasteiger partial charge >= 0.3 is 0 Å². The molecule has 1 aromatic carbocycles. The van der Waals surface area contributed by atoms with Gasteiger partial charge < -0.3 is 23.5 Å². The van der Waals surface area contributed by atoms with Crippen molar-refractivity contribution in [3.8, 4) is 17.6 Å². The molecule has 0 aliphatic carbocycles. The summed E-state index contributed by atoms with van der Waals surface area (Å²) in [6, 6.07) is 9.39. The molecule has 120 valence electrons. The largest absolute Gasteiger partial charge is 0.493 e. The second-order valence-corrected chi connectivity index (χ2v) is 4.91. The Morgan fingerprint density at radius 3 is 2.70 bits per heavy atom. The molecule has 0 amide bonds. The lowest BCUT2D eigenvalue weighted by Crippen LogP contribution is -2.36. The zero-order valence-corrected chi connectivity index (χ0v) is 12.8. The van der Waals surface area contributed by atoms with Gasteiger partial charge in [-0.25, -0.2) is 0 Å². The van der Waals surface area contributed by atoms with Gasteiger partial charge in [0.15, 0.2) is 18.1 Å². The van der Waals surface area contributed by atoms with Crippen LogP contribution in [0.2, 0.25) is 0 Å². The number of ether oxygens (including phenoxy) is 3. The summed E-state index contributed by atoms with van der Waals surface area (Å²) < 4.78 is 21.9. The lowest BCUT2D eigenvalue weighted by atomic mass is 10.3. The average molecular weight is 315 g/mol. The number of rotatable bonds is 5. The van der Waals surface area contributed by atoms with Gasteiger partial charge in [0.25, 0.3) is 0 Å². The Morgan fingerprint density at radius 1 is 1.26 bits per heavy atom. The van der Waals surface area contributed by atoms with E-state index in [1.165, 1.54) is 0 Å². The van der Waals surface area contributed by atoms with E-state index in [0.29, 0.717) is 49.6 Å². The molecule has 0 N–H and O–H groups in total. The highest BCUT2D eigenvalue weighted by molar-refractivity contribution is 5.48. The van der Waals surface area contributed by atoms with Crippen LogP contribution in [-0.4, -0.2) is 38.4 Å². The maximum Gasteiger partial charge on any atom is 0.236 e. The molecule has 23 heavy (non-hydrogen) atoms. The van der Waals surface area contributed by atoms with E-state index in [2.05, 4.69) is 11.1 Å². The number of hydrogen-bond acceptors (Lipinski definition) is 7. The van der Waals surface area contributed by atoms with Crippen molar-refractivity contribution in [3.63, 3.8) is 0 Å². The van der Waals surface area contributed by atoms with Crippen molar-refractivity contribution in [1.82, 2.24) is 4.98 Å². The van der Waals surface area contributed by atoms with Crippen LogP contribution in [0.25, 0.3) is 0 Å². The number of hydrogen-bond donors (Lipinski definition) is 0. The van der Waals surface area contributed by atoms with E-state index < -0.39 is 0 Å². The molecule has 7 nitrogen and oxygen atoms in total. The molecule has 0 unspecified atom stereocenters. The zero-order chi connectivity index (χ0) is 16.1. The molecule has 0 radical (unpaired) electrons. The van der Waals surface area contributed by atoms with E-state index >= 15 is 0 Å². The minimum absolute atomic E-state index is 0.124. The summed E-state index contributed by atoms with van der Waals surface area (Å²) in [5.41, 5.74) is 0.269. The van der Waals surface area contributed by atoms with Crippen molar-refractivity contribution in [2.24, 2.45) is 0 Å². The van der Waals surface area contributed by atoms with Gasteiger partial charge in [0.2, 0.25) is 17.5 Å². The third kappa shape index (κ3) is 3.38. The van der Waals surface area contributed by atoms with Crippen LogP contribution in [0.15, 0.2) is 28.7 Å². The number of methoxy groups -OCH3 is 1. The Bertz CT molecular complexity index is 702. The first kappa shape index (κ1) is 15.2. The average Bonchev–Trinajstić information content (AvgIpc) is 3.04. The van der Waals surface area contributed by atoms with Gasteiger partial charge in [-0.15, -0.1) is 0 Å². The maximum atomic E-state index is 9.24. The number of nitrogens with zero attached hydrogens (tertiary/aromatic N) is 3. The summed E-state index contributed by atoms with van der Waals surface area (Å²) in [5, 5.41) is 9.24. The number of nitriles is 1. The highest BCUT2D eigenvalue weighted by Crippen LogP contribution is 2.28. The molecule has 0 spiro atoms. The van der Waals surface area contributed by atoms with Crippen LogP contribution in [0.3, 0.4) is 0 Å². The third-order valence-electron chi connectivity index (χ3n) is 3.48. The molecular weight excluding hydrogens is 298 g/mol. The second kappa shape index (κ2) is 7.03. The van der Waals surface area contributed by atoms with Gasteiger partial charge in [0.1, 0.15) is 6.07 Å². The van der Waals surface area contributed by atoms with Gasteiger partial charge in [-0.05, 0) is 12.1 Å². The summed E-state index contributed by atoms with van der Waals surface area (Å²) in [5.74, 6) is 2.07. The van der Waals surface area contributed by atoms with Gasteiger partial charge in [0, 0.05) is 13.1 Å². The van der Waals surface area contributed by atoms with E-state index in [9.17, 15) is 5.26 Å². The minimum atomic E-state index is 0.124. The molecule has 0 atom stereocenters. The molecule has 7 heteroatoms. The molecule has 2 heterocycles. The summed E-state index contributed by atoms with van der Waals surface area (Å²) in [7, 11) is 1.58. The smallest absolute Gasteiger partial charge is 0.236 e. The number of morpholine rings is 1. The molecule has 1 aliphatic heterocycles. The maximum absolute atomic E-state index is 9.24. The van der Waals surface area contributed by atoms with Crippen LogP contribution in [-0.2, 0) is 11.3 Å². The van der Waals surface area contributed by atoms with E-state index in [-0.39, 0.29) is 12.3 Å². The number of oxazole rings is 1. The highest BCUT2D eigenvalue weighted by atomic mass is 16.5. The first-order valence-electron chi connectivity index (χ1n) is 7.30. The number of aromatic nitrogens is 1. The molecule has 3 rings (SSSR count). The topological polar surface area (TPSA) is 80.8 Å². The fourth-order valence-corrected chi connectivity index (χ4v) is 2.35. The van der Waals surface area contributed by atoms with Crippen molar-refractivity contribution in [2.75, 3.05) is 38.3 Å². The molecule has 0 bridgehead atoms. The summed E-state index contributed by atoms with van der Waals surface area (Å²) >= 11 is 0. The van der Waals surface area contributed by atoms with E-state index in [1.807, 2.05) is 23.1 Å². The van der Waals surface area contributed by atoms with Crippen LogP contribution in [0.4, 0.5) is 5.88 Å². The van der Waals surface area contributed by atoms with Crippen LogP contribution >= 0.6 is 0 Å². The summed E-state index contributed by atoms with van der Waals surface area (Å²) in [4.78, 5) is 6.16. The first-order chi connectivity index (χ1) is 11.3. The Balaban J connectivity index is 1.73. The fraction of sp³-hybridized carbons (Fsp3) is 0.375. The lowest BCUT2D eigenvalue weighted by Gasteiger charge is -2.25. The number of benzene rings is 1. The standard InChI is InChI=1S/C16H17N3O4/c1-20-13-4-2-3-5-14(13)22-11-15-18-12(10-17)16(23-15)19-6-8-21-9-7-19/h2-5H,6-9,11H2,1H3. The Labute approximate surface area is 134 Å². The van der Waals surface area contributed by atoms with Crippen molar-refractivity contribution in [3.05, 3.63) is 35.9 Å². The number of anilines is 1. The normalized spacial score (nSPS) is 14.3. The quantitative estimate of drug-likeness (QED) is 0.834. The predicted octanol–water partition coefficient (Wildman–Crippen LogP) is 1.97. The molecule has 0 saturated carbocycles. The van der Waals surface area contributed by atoms with Crippen LogP contribution < -0.4 is 14.4 Å². The van der Waals surface area contributed by atoms with Crippen LogP contribution in [0.1, 0.15) is 11.6 Å². The Morgan fingerprint density at radius 2 is 2.00 bits per heavy atom.